The van der Waals surface area contributed by atoms with Crippen LogP contribution in [0.5, 0.6) is 11.5 Å². The highest BCUT2D eigenvalue weighted by atomic mass is 32.2. The van der Waals surface area contributed by atoms with Gasteiger partial charge in [-0.05, 0) is 11.5 Å². The Morgan fingerprint density at radius 2 is 1.66 bits per heavy atom. The molecule has 3 amide bonds. The van der Waals surface area contributed by atoms with Crippen LogP contribution in [0.15, 0.2) is 12.1 Å². The number of carbonyl (C=O) groups excluding carboxylic acids is 3. The second-order valence-electron chi connectivity index (χ2n) is 7.72. The van der Waals surface area contributed by atoms with Crippen molar-refractivity contribution < 1.29 is 32.6 Å². The van der Waals surface area contributed by atoms with Gasteiger partial charge in [0.2, 0.25) is 21.8 Å². The molecule has 0 unspecified atom stereocenters. The fourth-order valence-electron chi connectivity index (χ4n) is 2.22. The van der Waals surface area contributed by atoms with Crippen LogP contribution >= 0.6 is 0 Å². The van der Waals surface area contributed by atoms with Gasteiger partial charge >= 0.3 is 6.09 Å². The summed E-state index contributed by atoms with van der Waals surface area (Å²) in [5.41, 5.74) is -0.0846. The van der Waals surface area contributed by atoms with Crippen molar-refractivity contribution in [3.05, 3.63) is 17.7 Å². The van der Waals surface area contributed by atoms with Gasteiger partial charge in [-0.1, -0.05) is 20.8 Å². The van der Waals surface area contributed by atoms with E-state index >= 15 is 0 Å². The Morgan fingerprint density at radius 1 is 1.10 bits per heavy atom. The minimum absolute atomic E-state index is 0.00695. The van der Waals surface area contributed by atoms with Gasteiger partial charge in [0.25, 0.3) is 0 Å². The summed E-state index contributed by atoms with van der Waals surface area (Å²) in [7, 11) is -0.684. The lowest BCUT2D eigenvalue weighted by Gasteiger charge is -2.23. The predicted molar refractivity (Wildman–Crippen MR) is 107 cm³/mol. The van der Waals surface area contributed by atoms with Crippen molar-refractivity contribution in [2.75, 3.05) is 25.7 Å². The Bertz CT molecular complexity index is 903. The second kappa shape index (κ2) is 9.12. The Hall–Kier alpha value is -2.82. The quantitative estimate of drug-likeness (QED) is 0.582. The highest BCUT2D eigenvalue weighted by Crippen LogP contribution is 2.39. The molecule has 0 aliphatic rings. The largest absolute Gasteiger partial charge is 0.505 e. The zero-order chi connectivity index (χ0) is 22.6. The van der Waals surface area contributed by atoms with E-state index in [4.69, 9.17) is 4.74 Å². The van der Waals surface area contributed by atoms with Crippen molar-refractivity contribution in [3.8, 4) is 11.5 Å². The highest BCUT2D eigenvalue weighted by molar-refractivity contribution is 7.89. The fraction of sp³-hybridized carbons (Fsp3) is 0.500. The number of nitrogens with zero attached hydrogens (tertiary/aromatic N) is 1. The lowest BCUT2D eigenvalue weighted by atomic mass is 9.85. The molecule has 0 fully saturated rings. The third-order valence-electron chi connectivity index (χ3n) is 3.61. The summed E-state index contributed by atoms with van der Waals surface area (Å²) in [6, 6.07) is 2.80. The molecule has 29 heavy (non-hydrogen) atoms. The standard InChI is InChI=1S/C18H27N3O7S/c1-18(2,3)12-9-11(28-17(25)21(4)5)10-13(16(12)24)19-14(22)7-8-15(23)20-29(6,26)27/h9-10,24H,7-8H2,1-6H3,(H,19,22)(H,20,23). The van der Waals surface area contributed by atoms with Crippen LogP contribution in [0.4, 0.5) is 10.5 Å². The van der Waals surface area contributed by atoms with Crippen molar-refractivity contribution in [1.82, 2.24) is 9.62 Å². The third-order valence-corrected chi connectivity index (χ3v) is 4.21. The molecule has 0 radical (unpaired) electrons. The van der Waals surface area contributed by atoms with Crippen LogP contribution in [0, 0.1) is 0 Å². The number of hydrogen-bond donors (Lipinski definition) is 3. The van der Waals surface area contributed by atoms with Gasteiger partial charge in [0.05, 0.1) is 11.9 Å². The third kappa shape index (κ3) is 7.98. The van der Waals surface area contributed by atoms with E-state index < -0.39 is 33.3 Å². The minimum Gasteiger partial charge on any atom is -0.505 e. The van der Waals surface area contributed by atoms with Crippen LogP contribution in [-0.2, 0) is 25.0 Å². The van der Waals surface area contributed by atoms with E-state index in [2.05, 4.69) is 5.32 Å². The molecule has 1 aromatic carbocycles. The van der Waals surface area contributed by atoms with E-state index in [1.807, 2.05) is 20.8 Å². The van der Waals surface area contributed by atoms with Crippen LogP contribution in [0.2, 0.25) is 0 Å². The summed E-state index contributed by atoms with van der Waals surface area (Å²) in [5, 5.41) is 13.0. The van der Waals surface area contributed by atoms with Gasteiger partial charge in [0.15, 0.2) is 0 Å². The van der Waals surface area contributed by atoms with Crippen LogP contribution in [0.25, 0.3) is 0 Å². The normalized spacial score (nSPS) is 11.5. The molecule has 0 spiro atoms. The van der Waals surface area contributed by atoms with Crippen molar-refractivity contribution in [2.24, 2.45) is 0 Å². The van der Waals surface area contributed by atoms with E-state index in [1.54, 1.807) is 4.72 Å². The van der Waals surface area contributed by atoms with E-state index in [-0.39, 0.29) is 30.0 Å². The summed E-state index contributed by atoms with van der Waals surface area (Å²) in [5.74, 6) is -1.52. The number of amides is 3. The lowest BCUT2D eigenvalue weighted by molar-refractivity contribution is -0.123. The van der Waals surface area contributed by atoms with Crippen LogP contribution in [0.3, 0.4) is 0 Å². The Morgan fingerprint density at radius 3 is 2.14 bits per heavy atom. The van der Waals surface area contributed by atoms with Gasteiger partial charge < -0.3 is 20.1 Å². The molecule has 0 atom stereocenters. The Balaban J connectivity index is 3.05. The highest BCUT2D eigenvalue weighted by Gasteiger charge is 2.24. The van der Waals surface area contributed by atoms with Crippen molar-refractivity contribution in [2.45, 2.75) is 39.0 Å². The average Bonchev–Trinajstić information content (AvgIpc) is 2.53. The Kier molecular flexibility index (Phi) is 7.62. The maximum absolute atomic E-state index is 12.2. The molecule has 11 heteroatoms. The first-order valence-electron chi connectivity index (χ1n) is 8.67. The van der Waals surface area contributed by atoms with Gasteiger partial charge in [-0.15, -0.1) is 0 Å². The van der Waals surface area contributed by atoms with Crippen molar-refractivity contribution in [3.63, 3.8) is 0 Å². The maximum atomic E-state index is 12.2. The number of nitrogens with one attached hydrogen (secondary N) is 2. The number of rotatable bonds is 6. The second-order valence-corrected chi connectivity index (χ2v) is 9.47. The van der Waals surface area contributed by atoms with E-state index in [0.29, 0.717) is 5.56 Å². The molecule has 0 aromatic heterocycles. The molecule has 10 nitrogen and oxygen atoms in total. The first-order valence-corrected chi connectivity index (χ1v) is 10.6. The number of phenols is 1. The number of ether oxygens (including phenoxy) is 1. The number of anilines is 1. The molecule has 162 valence electrons. The summed E-state index contributed by atoms with van der Waals surface area (Å²) in [6.07, 6.45) is -0.475. The minimum atomic E-state index is -3.71. The maximum Gasteiger partial charge on any atom is 0.414 e. The molecule has 0 aliphatic heterocycles. The monoisotopic (exact) mass is 429 g/mol. The molecule has 0 saturated carbocycles. The summed E-state index contributed by atoms with van der Waals surface area (Å²) >= 11 is 0. The molecule has 0 aliphatic carbocycles. The van der Waals surface area contributed by atoms with Crippen molar-refractivity contribution >= 4 is 33.6 Å². The average molecular weight is 429 g/mol. The number of hydrogen-bond acceptors (Lipinski definition) is 7. The summed E-state index contributed by atoms with van der Waals surface area (Å²) in [4.78, 5) is 36.8. The van der Waals surface area contributed by atoms with Crippen LogP contribution in [0.1, 0.15) is 39.2 Å². The van der Waals surface area contributed by atoms with E-state index in [9.17, 15) is 27.9 Å². The van der Waals surface area contributed by atoms with E-state index in [0.717, 1.165) is 6.26 Å². The van der Waals surface area contributed by atoms with Crippen LogP contribution < -0.4 is 14.8 Å². The topological polar surface area (TPSA) is 142 Å². The molecular weight excluding hydrogens is 402 g/mol. The molecule has 3 N–H and O–H groups in total. The van der Waals surface area contributed by atoms with Crippen molar-refractivity contribution in [1.29, 1.82) is 0 Å². The number of sulfonamides is 1. The number of phenolic OH excluding ortho intramolecular Hbond substituents is 1. The van der Waals surface area contributed by atoms with Crippen LogP contribution in [-0.4, -0.2) is 56.7 Å². The molecule has 0 saturated heterocycles. The van der Waals surface area contributed by atoms with E-state index in [1.165, 1.54) is 31.1 Å². The zero-order valence-electron chi connectivity index (χ0n) is 17.3. The zero-order valence-corrected chi connectivity index (χ0v) is 18.1. The number of carbonyl (C=O) groups is 3. The summed E-state index contributed by atoms with van der Waals surface area (Å²) < 4.78 is 29.0. The molecular formula is C18H27N3O7S. The van der Waals surface area contributed by atoms with Gasteiger partial charge in [-0.25, -0.2) is 13.2 Å². The molecule has 1 rings (SSSR count). The smallest absolute Gasteiger partial charge is 0.414 e. The number of aromatic hydroxyl groups is 1. The number of benzene rings is 1. The predicted octanol–water partition coefficient (Wildman–Crippen LogP) is 1.54. The first kappa shape index (κ1) is 24.2. The van der Waals surface area contributed by atoms with Gasteiger partial charge in [-0.3, -0.25) is 14.3 Å². The molecule has 0 heterocycles. The molecule has 0 bridgehead atoms. The van der Waals surface area contributed by atoms with Gasteiger partial charge in [-0.2, -0.15) is 0 Å². The summed E-state index contributed by atoms with van der Waals surface area (Å²) in [6.45, 7) is 5.50. The van der Waals surface area contributed by atoms with Gasteiger partial charge in [0.1, 0.15) is 11.5 Å². The SMILES string of the molecule is CN(C)C(=O)Oc1cc(NC(=O)CCC(=O)NS(C)(=O)=O)c(O)c(C(C)(C)C)c1. The lowest BCUT2D eigenvalue weighted by Crippen LogP contribution is -2.30. The van der Waals surface area contributed by atoms with Gasteiger partial charge in [0, 0.05) is 38.6 Å². The molecule has 1 aromatic rings. The Labute approximate surface area is 170 Å². The fourth-order valence-corrected chi connectivity index (χ4v) is 2.74. The first-order chi connectivity index (χ1) is 13.1.